The second kappa shape index (κ2) is 12.9. The number of para-hydroxylation sites is 3. The molecular weight excluding hydrogens is 462 g/mol. The van der Waals surface area contributed by atoms with Crippen LogP contribution < -0.4 is 20.7 Å². The first-order valence-electron chi connectivity index (χ1n) is 12.5. The molecule has 37 heavy (non-hydrogen) atoms. The van der Waals surface area contributed by atoms with E-state index in [2.05, 4.69) is 22.9 Å². The van der Waals surface area contributed by atoms with E-state index in [1.807, 2.05) is 60.7 Å². The maximum absolute atomic E-state index is 13.1. The molecule has 0 aliphatic carbocycles. The number of unbranched alkanes of at least 4 members (excludes halogenated alkanes) is 2. The molecule has 0 aliphatic rings. The van der Waals surface area contributed by atoms with Crippen molar-refractivity contribution in [2.45, 2.75) is 26.2 Å². The van der Waals surface area contributed by atoms with Gasteiger partial charge in [-0.05, 0) is 67.1 Å². The number of amides is 2. The summed E-state index contributed by atoms with van der Waals surface area (Å²) in [5.74, 6) is -0.117. The van der Waals surface area contributed by atoms with Crippen molar-refractivity contribution in [1.82, 2.24) is 0 Å². The Labute approximate surface area is 217 Å². The van der Waals surface area contributed by atoms with E-state index in [9.17, 15) is 9.59 Å². The van der Waals surface area contributed by atoms with Gasteiger partial charge in [0.1, 0.15) is 5.75 Å². The van der Waals surface area contributed by atoms with Gasteiger partial charge in [-0.1, -0.05) is 62.2 Å². The summed E-state index contributed by atoms with van der Waals surface area (Å²) in [4.78, 5) is 26.2. The molecule has 0 saturated carbocycles. The van der Waals surface area contributed by atoms with E-state index in [0.717, 1.165) is 30.6 Å². The minimum absolute atomic E-state index is 0.316. The van der Waals surface area contributed by atoms with Gasteiger partial charge in [-0.15, -0.1) is 0 Å². The minimum atomic E-state index is -0.331. The summed E-state index contributed by atoms with van der Waals surface area (Å²) in [5, 5.41) is 9.11. The zero-order chi connectivity index (χ0) is 25.9. The number of hydrogen-bond donors (Lipinski definition) is 3. The van der Waals surface area contributed by atoms with Gasteiger partial charge in [0.15, 0.2) is 0 Å². The van der Waals surface area contributed by atoms with Gasteiger partial charge < -0.3 is 20.7 Å². The number of ether oxygens (including phenoxy) is 1. The van der Waals surface area contributed by atoms with Crippen molar-refractivity contribution in [2.24, 2.45) is 0 Å². The fourth-order valence-corrected chi connectivity index (χ4v) is 3.82. The topological polar surface area (TPSA) is 79.5 Å². The molecule has 0 aliphatic heterocycles. The van der Waals surface area contributed by atoms with Crippen LogP contribution in [0.3, 0.4) is 0 Å². The van der Waals surface area contributed by atoms with Crippen molar-refractivity contribution < 1.29 is 14.3 Å². The van der Waals surface area contributed by atoms with Crippen LogP contribution in [0.1, 0.15) is 46.9 Å². The van der Waals surface area contributed by atoms with Crippen LogP contribution in [0.5, 0.6) is 5.75 Å². The average molecular weight is 494 g/mol. The zero-order valence-electron chi connectivity index (χ0n) is 20.9. The number of anilines is 4. The van der Waals surface area contributed by atoms with E-state index >= 15 is 0 Å². The molecule has 0 heterocycles. The van der Waals surface area contributed by atoms with Crippen molar-refractivity contribution in [3.63, 3.8) is 0 Å². The Balaban J connectivity index is 1.42. The van der Waals surface area contributed by atoms with Crippen LogP contribution in [0.15, 0.2) is 103 Å². The first kappa shape index (κ1) is 25.5. The molecule has 0 radical (unpaired) electrons. The van der Waals surface area contributed by atoms with Gasteiger partial charge in [0.05, 0.1) is 23.4 Å². The molecule has 4 rings (SSSR count). The van der Waals surface area contributed by atoms with Gasteiger partial charge in [0.25, 0.3) is 11.8 Å². The van der Waals surface area contributed by atoms with E-state index in [1.165, 1.54) is 0 Å². The molecule has 0 unspecified atom stereocenters. The first-order chi connectivity index (χ1) is 18.1. The summed E-state index contributed by atoms with van der Waals surface area (Å²) in [6.45, 7) is 2.68. The predicted molar refractivity (Wildman–Crippen MR) is 150 cm³/mol. The fraction of sp³-hybridized carbons (Fsp3) is 0.161. The van der Waals surface area contributed by atoms with Gasteiger partial charge >= 0.3 is 0 Å². The SMILES string of the molecule is CCCCCOc1ccccc1C(=O)Nc1ccccc1C(=O)Nc1ccc(Nc2ccccc2)cc1. The van der Waals surface area contributed by atoms with Crippen molar-refractivity contribution in [3.8, 4) is 5.75 Å². The molecule has 0 fully saturated rings. The maximum atomic E-state index is 13.1. The minimum Gasteiger partial charge on any atom is -0.493 e. The Morgan fingerprint density at radius 1 is 0.622 bits per heavy atom. The third-order valence-electron chi connectivity index (χ3n) is 5.76. The molecular formula is C31H31N3O3. The second-order valence-corrected chi connectivity index (χ2v) is 8.57. The molecule has 0 bridgehead atoms. The van der Waals surface area contributed by atoms with Crippen LogP contribution in [-0.4, -0.2) is 18.4 Å². The van der Waals surface area contributed by atoms with E-state index in [0.29, 0.717) is 34.9 Å². The highest BCUT2D eigenvalue weighted by molar-refractivity contribution is 6.13. The van der Waals surface area contributed by atoms with Crippen molar-refractivity contribution in [1.29, 1.82) is 0 Å². The van der Waals surface area contributed by atoms with Gasteiger partial charge in [-0.2, -0.15) is 0 Å². The molecule has 6 nitrogen and oxygen atoms in total. The van der Waals surface area contributed by atoms with Gasteiger partial charge in [-0.25, -0.2) is 0 Å². The molecule has 2 amide bonds. The molecule has 0 saturated heterocycles. The second-order valence-electron chi connectivity index (χ2n) is 8.57. The summed E-state index contributed by atoms with van der Waals surface area (Å²) < 4.78 is 5.86. The number of carbonyl (C=O) groups excluding carboxylic acids is 2. The van der Waals surface area contributed by atoms with E-state index in [1.54, 1.807) is 42.5 Å². The monoisotopic (exact) mass is 493 g/mol. The molecule has 3 N–H and O–H groups in total. The number of benzene rings is 4. The smallest absolute Gasteiger partial charge is 0.259 e. The predicted octanol–water partition coefficient (Wildman–Crippen LogP) is 7.50. The Morgan fingerprint density at radius 2 is 1.22 bits per heavy atom. The Kier molecular flexibility index (Phi) is 8.92. The molecule has 6 heteroatoms. The molecule has 0 aromatic heterocycles. The Hall–Kier alpha value is -4.58. The van der Waals surface area contributed by atoms with Crippen molar-refractivity contribution >= 4 is 34.6 Å². The molecule has 0 spiro atoms. The summed E-state index contributed by atoms with van der Waals surface area (Å²) in [6, 6.07) is 31.4. The lowest BCUT2D eigenvalue weighted by molar-refractivity contribution is 0.102. The van der Waals surface area contributed by atoms with Crippen LogP contribution in [0, 0.1) is 0 Å². The third kappa shape index (κ3) is 7.21. The van der Waals surface area contributed by atoms with Gasteiger partial charge in [0.2, 0.25) is 0 Å². The lowest BCUT2D eigenvalue weighted by Crippen LogP contribution is -2.19. The largest absolute Gasteiger partial charge is 0.493 e. The van der Waals surface area contributed by atoms with Crippen LogP contribution >= 0.6 is 0 Å². The number of carbonyl (C=O) groups is 2. The number of nitrogens with one attached hydrogen (secondary N) is 3. The standard InChI is InChI=1S/C31H31N3O3/c1-2-3-11-22-37-29-17-10-8-15-27(29)31(36)34-28-16-9-7-14-26(28)30(35)33-25-20-18-24(19-21-25)32-23-12-5-4-6-13-23/h4-10,12-21,32H,2-3,11,22H2,1H3,(H,33,35)(H,34,36). The molecule has 188 valence electrons. The summed E-state index contributed by atoms with van der Waals surface area (Å²) in [6.07, 6.45) is 3.10. The zero-order valence-corrected chi connectivity index (χ0v) is 20.9. The number of hydrogen-bond acceptors (Lipinski definition) is 4. The van der Waals surface area contributed by atoms with Crippen molar-refractivity contribution in [2.75, 3.05) is 22.6 Å². The van der Waals surface area contributed by atoms with Crippen molar-refractivity contribution in [3.05, 3.63) is 114 Å². The van der Waals surface area contributed by atoms with E-state index in [-0.39, 0.29) is 11.8 Å². The highest BCUT2D eigenvalue weighted by atomic mass is 16.5. The normalized spacial score (nSPS) is 10.4. The molecule has 0 atom stereocenters. The summed E-state index contributed by atoms with van der Waals surface area (Å²) in [5.41, 5.74) is 3.76. The number of rotatable bonds is 11. The third-order valence-corrected chi connectivity index (χ3v) is 5.76. The highest BCUT2D eigenvalue weighted by Crippen LogP contribution is 2.24. The van der Waals surface area contributed by atoms with E-state index in [4.69, 9.17) is 4.74 Å². The first-order valence-corrected chi connectivity index (χ1v) is 12.5. The van der Waals surface area contributed by atoms with E-state index < -0.39 is 0 Å². The lowest BCUT2D eigenvalue weighted by atomic mass is 10.1. The fourth-order valence-electron chi connectivity index (χ4n) is 3.82. The quantitative estimate of drug-likeness (QED) is 0.189. The Bertz CT molecular complexity index is 1320. The average Bonchev–Trinajstić information content (AvgIpc) is 2.93. The molecule has 4 aromatic carbocycles. The van der Waals surface area contributed by atoms with Crippen LogP contribution in [-0.2, 0) is 0 Å². The molecule has 4 aromatic rings. The van der Waals surface area contributed by atoms with Crippen LogP contribution in [0.25, 0.3) is 0 Å². The lowest BCUT2D eigenvalue weighted by Gasteiger charge is -2.14. The van der Waals surface area contributed by atoms with Gasteiger partial charge in [-0.3, -0.25) is 9.59 Å². The highest BCUT2D eigenvalue weighted by Gasteiger charge is 2.17. The summed E-state index contributed by atoms with van der Waals surface area (Å²) >= 11 is 0. The van der Waals surface area contributed by atoms with Crippen LogP contribution in [0.2, 0.25) is 0 Å². The summed E-state index contributed by atoms with van der Waals surface area (Å²) in [7, 11) is 0. The maximum Gasteiger partial charge on any atom is 0.259 e. The van der Waals surface area contributed by atoms with Gasteiger partial charge in [0, 0.05) is 17.1 Å². The Morgan fingerprint density at radius 3 is 1.97 bits per heavy atom. The van der Waals surface area contributed by atoms with Crippen LogP contribution in [0.4, 0.5) is 22.7 Å².